The molecule has 0 atom stereocenters. The summed E-state index contributed by atoms with van der Waals surface area (Å²) in [5, 5.41) is 9.53. The Morgan fingerprint density at radius 2 is 2.11 bits per heavy atom. The quantitative estimate of drug-likeness (QED) is 0.510. The zero-order chi connectivity index (χ0) is 14.6. The molecule has 1 rings (SSSR count). The summed E-state index contributed by atoms with van der Waals surface area (Å²) in [6.07, 6.45) is -1.42. The summed E-state index contributed by atoms with van der Waals surface area (Å²) in [5.74, 6) is -0.800. The van der Waals surface area contributed by atoms with Crippen molar-refractivity contribution in [2.24, 2.45) is 0 Å². The highest BCUT2D eigenvalue weighted by Gasteiger charge is 2.26. The third kappa shape index (κ3) is 5.35. The standard InChI is InChI=1S/C10H8Cl2F2N2O3/c11-6-1-2-7(8(5-6)16(18)19)15-9(17)3-4-10(12,13)14/h1-2,5H,3-4H2,(H,15,17). The number of nitrogens with one attached hydrogen (secondary N) is 1. The normalized spacial score (nSPS) is 11.2. The molecule has 0 radical (unpaired) electrons. The number of nitro benzene ring substituents is 1. The number of anilines is 1. The van der Waals surface area contributed by atoms with Crippen LogP contribution < -0.4 is 5.32 Å². The van der Waals surface area contributed by atoms with Gasteiger partial charge in [0.15, 0.2) is 0 Å². The van der Waals surface area contributed by atoms with Crippen LogP contribution in [0.4, 0.5) is 20.2 Å². The van der Waals surface area contributed by atoms with Gasteiger partial charge in [-0.05, 0) is 23.7 Å². The molecule has 104 valence electrons. The van der Waals surface area contributed by atoms with Gasteiger partial charge < -0.3 is 5.32 Å². The lowest BCUT2D eigenvalue weighted by molar-refractivity contribution is -0.383. The molecule has 1 N–H and O–H groups in total. The second-order valence-electron chi connectivity index (χ2n) is 3.58. The van der Waals surface area contributed by atoms with Gasteiger partial charge in [0.2, 0.25) is 5.91 Å². The first-order valence-electron chi connectivity index (χ1n) is 4.99. The van der Waals surface area contributed by atoms with Gasteiger partial charge in [0.25, 0.3) is 5.69 Å². The lowest BCUT2D eigenvalue weighted by Crippen LogP contribution is -2.16. The number of nitrogens with zero attached hydrogens (tertiary/aromatic N) is 1. The minimum absolute atomic E-state index is 0.114. The average Bonchev–Trinajstić information content (AvgIpc) is 2.28. The van der Waals surface area contributed by atoms with Gasteiger partial charge in [-0.2, -0.15) is 8.78 Å². The van der Waals surface area contributed by atoms with E-state index in [9.17, 15) is 23.7 Å². The molecule has 0 saturated heterocycles. The van der Waals surface area contributed by atoms with Crippen molar-refractivity contribution < 1.29 is 18.5 Å². The SMILES string of the molecule is O=C(CCC(F)(F)Cl)Nc1ccc(Cl)cc1[N+](=O)[O-]. The Bertz CT molecular complexity index is 506. The van der Waals surface area contributed by atoms with E-state index in [4.69, 9.17) is 11.6 Å². The Morgan fingerprint density at radius 1 is 1.47 bits per heavy atom. The van der Waals surface area contributed by atoms with Crippen molar-refractivity contribution in [3.63, 3.8) is 0 Å². The van der Waals surface area contributed by atoms with E-state index in [0.29, 0.717) is 0 Å². The third-order valence-electron chi connectivity index (χ3n) is 2.07. The number of amides is 1. The average molecular weight is 313 g/mol. The Balaban J connectivity index is 2.77. The molecule has 1 aromatic rings. The van der Waals surface area contributed by atoms with Crippen molar-refractivity contribution in [3.8, 4) is 0 Å². The van der Waals surface area contributed by atoms with E-state index in [1.807, 2.05) is 0 Å². The second-order valence-corrected chi connectivity index (χ2v) is 4.57. The van der Waals surface area contributed by atoms with Crippen molar-refractivity contribution in [2.75, 3.05) is 5.32 Å². The van der Waals surface area contributed by atoms with E-state index in [1.54, 1.807) is 0 Å². The molecule has 5 nitrogen and oxygen atoms in total. The minimum Gasteiger partial charge on any atom is -0.320 e. The summed E-state index contributed by atoms with van der Waals surface area (Å²) >= 11 is 10.2. The summed E-state index contributed by atoms with van der Waals surface area (Å²) in [6.45, 7) is 0. The fourth-order valence-corrected chi connectivity index (χ4v) is 1.49. The van der Waals surface area contributed by atoms with Crippen LogP contribution in [0.1, 0.15) is 12.8 Å². The number of benzene rings is 1. The fraction of sp³-hybridized carbons (Fsp3) is 0.300. The summed E-state index contributed by atoms with van der Waals surface area (Å²) < 4.78 is 24.7. The first-order chi connectivity index (χ1) is 8.69. The van der Waals surface area contributed by atoms with Gasteiger partial charge in [0.05, 0.1) is 4.92 Å². The van der Waals surface area contributed by atoms with Crippen LogP contribution in [0.2, 0.25) is 5.02 Å². The van der Waals surface area contributed by atoms with Crippen LogP contribution in [0.5, 0.6) is 0 Å². The van der Waals surface area contributed by atoms with Crippen LogP contribution in [0.3, 0.4) is 0 Å². The van der Waals surface area contributed by atoms with E-state index < -0.39 is 34.7 Å². The number of hydrogen-bond donors (Lipinski definition) is 1. The molecule has 0 fully saturated rings. The highest BCUT2D eigenvalue weighted by molar-refractivity contribution is 6.31. The molecule has 19 heavy (non-hydrogen) atoms. The van der Waals surface area contributed by atoms with Gasteiger partial charge in [0.1, 0.15) is 5.69 Å². The fourth-order valence-electron chi connectivity index (χ4n) is 1.23. The van der Waals surface area contributed by atoms with Crippen LogP contribution in [0.25, 0.3) is 0 Å². The van der Waals surface area contributed by atoms with E-state index in [2.05, 4.69) is 16.9 Å². The molecule has 0 saturated carbocycles. The molecule has 0 aliphatic rings. The lowest BCUT2D eigenvalue weighted by atomic mass is 10.2. The van der Waals surface area contributed by atoms with E-state index in [0.717, 1.165) is 6.07 Å². The Morgan fingerprint density at radius 3 is 2.63 bits per heavy atom. The van der Waals surface area contributed by atoms with Crippen molar-refractivity contribution >= 4 is 40.5 Å². The van der Waals surface area contributed by atoms with Crippen molar-refractivity contribution in [1.82, 2.24) is 0 Å². The second kappa shape index (κ2) is 6.12. The van der Waals surface area contributed by atoms with Crippen LogP contribution in [0, 0.1) is 10.1 Å². The zero-order valence-corrected chi connectivity index (χ0v) is 10.8. The van der Waals surface area contributed by atoms with Gasteiger partial charge >= 0.3 is 5.38 Å². The minimum atomic E-state index is -3.48. The van der Waals surface area contributed by atoms with Crippen LogP contribution in [-0.2, 0) is 4.79 Å². The maximum Gasteiger partial charge on any atom is 0.322 e. The van der Waals surface area contributed by atoms with E-state index in [1.165, 1.54) is 12.1 Å². The summed E-state index contributed by atoms with van der Waals surface area (Å²) in [6, 6.07) is 3.60. The lowest BCUT2D eigenvalue weighted by Gasteiger charge is -2.08. The Labute approximate surface area is 116 Å². The predicted molar refractivity (Wildman–Crippen MR) is 66.8 cm³/mol. The molecular formula is C10H8Cl2F2N2O3. The Kier molecular flexibility index (Phi) is 5.02. The zero-order valence-electron chi connectivity index (χ0n) is 9.33. The molecule has 0 aliphatic carbocycles. The molecule has 0 bridgehead atoms. The maximum absolute atomic E-state index is 12.3. The van der Waals surface area contributed by atoms with Crippen LogP contribution in [-0.4, -0.2) is 16.2 Å². The van der Waals surface area contributed by atoms with Gasteiger partial charge in [0, 0.05) is 23.9 Å². The van der Waals surface area contributed by atoms with Gasteiger partial charge in [-0.1, -0.05) is 11.6 Å². The predicted octanol–water partition coefficient (Wildman–Crippen LogP) is 3.80. The molecule has 0 spiro atoms. The van der Waals surface area contributed by atoms with Gasteiger partial charge in [-0.3, -0.25) is 14.9 Å². The molecular weight excluding hydrogens is 305 g/mol. The first kappa shape index (κ1) is 15.6. The molecule has 0 heterocycles. The molecule has 0 aliphatic heterocycles. The number of alkyl halides is 3. The van der Waals surface area contributed by atoms with Crippen LogP contribution >= 0.6 is 23.2 Å². The van der Waals surface area contributed by atoms with Crippen molar-refractivity contribution in [2.45, 2.75) is 18.2 Å². The molecule has 0 aromatic heterocycles. The monoisotopic (exact) mass is 312 g/mol. The number of carbonyl (C=O) groups excluding carboxylic acids is 1. The van der Waals surface area contributed by atoms with Crippen molar-refractivity contribution in [3.05, 3.63) is 33.3 Å². The number of carbonyl (C=O) groups is 1. The molecule has 0 unspecified atom stereocenters. The summed E-state index contributed by atoms with van der Waals surface area (Å²) in [7, 11) is 0. The topological polar surface area (TPSA) is 72.2 Å². The van der Waals surface area contributed by atoms with Crippen molar-refractivity contribution in [1.29, 1.82) is 0 Å². The van der Waals surface area contributed by atoms with Crippen LogP contribution in [0.15, 0.2) is 18.2 Å². The first-order valence-corrected chi connectivity index (χ1v) is 5.75. The van der Waals surface area contributed by atoms with Gasteiger partial charge in [-0.15, -0.1) is 0 Å². The number of rotatable bonds is 5. The number of nitro groups is 1. The summed E-state index contributed by atoms with van der Waals surface area (Å²) in [4.78, 5) is 21.3. The Hall–Kier alpha value is -1.47. The maximum atomic E-state index is 12.3. The molecule has 1 amide bonds. The summed E-state index contributed by atoms with van der Waals surface area (Å²) in [5.41, 5.74) is -0.532. The van der Waals surface area contributed by atoms with E-state index >= 15 is 0 Å². The number of hydrogen-bond acceptors (Lipinski definition) is 3. The highest BCUT2D eigenvalue weighted by atomic mass is 35.5. The van der Waals surface area contributed by atoms with Gasteiger partial charge in [-0.25, -0.2) is 0 Å². The molecule has 1 aromatic carbocycles. The van der Waals surface area contributed by atoms with E-state index in [-0.39, 0.29) is 10.7 Å². The highest BCUT2D eigenvalue weighted by Crippen LogP contribution is 2.29. The smallest absolute Gasteiger partial charge is 0.320 e. The molecule has 9 heteroatoms. The number of halogens is 4. The largest absolute Gasteiger partial charge is 0.322 e. The third-order valence-corrected chi connectivity index (χ3v) is 2.49.